The van der Waals surface area contributed by atoms with Crippen molar-refractivity contribution in [3.05, 3.63) is 35.3 Å². The third-order valence-corrected chi connectivity index (χ3v) is 6.19. The first kappa shape index (κ1) is 21.3. The molecule has 1 aliphatic heterocycles. The molecule has 166 valence electrons. The molecule has 7 nitrogen and oxygen atoms in total. The Kier molecular flexibility index (Phi) is 5.26. The molecule has 0 radical (unpaired) electrons. The summed E-state index contributed by atoms with van der Waals surface area (Å²) in [6, 6.07) is 2.44. The minimum absolute atomic E-state index is 0.00185. The van der Waals surface area contributed by atoms with E-state index in [0.29, 0.717) is 18.3 Å². The summed E-state index contributed by atoms with van der Waals surface area (Å²) in [5, 5.41) is 3.36. The Labute approximate surface area is 178 Å². The normalized spacial score (nSPS) is 23.5. The van der Waals surface area contributed by atoms with Crippen molar-refractivity contribution in [2.24, 2.45) is 5.92 Å². The third-order valence-electron chi connectivity index (χ3n) is 6.19. The van der Waals surface area contributed by atoms with Crippen LogP contribution in [-0.4, -0.2) is 47.0 Å². The van der Waals surface area contributed by atoms with Gasteiger partial charge in [-0.2, -0.15) is 18.2 Å². The number of nitrogens with zero attached hydrogens (tertiary/aromatic N) is 5. The molecule has 0 saturated heterocycles. The average molecular weight is 434 g/mol. The first-order valence-electron chi connectivity index (χ1n) is 10.2. The Balaban J connectivity index is 1.38. The zero-order valence-corrected chi connectivity index (χ0v) is 17.9. The van der Waals surface area contributed by atoms with Gasteiger partial charge in [-0.05, 0) is 50.7 Å². The van der Waals surface area contributed by atoms with Gasteiger partial charge in [0.15, 0.2) is 5.82 Å². The second-order valence-electron chi connectivity index (χ2n) is 8.42. The molecule has 0 unspecified atom stereocenters. The van der Waals surface area contributed by atoms with Gasteiger partial charge in [0.05, 0.1) is 5.69 Å². The Morgan fingerprint density at radius 1 is 1.19 bits per heavy atom. The summed E-state index contributed by atoms with van der Waals surface area (Å²) in [5.74, 6) is 1.62. The second kappa shape index (κ2) is 7.65. The van der Waals surface area contributed by atoms with E-state index in [1.54, 1.807) is 11.9 Å². The molecule has 3 heterocycles. The number of pyridine rings is 1. The lowest BCUT2D eigenvalue weighted by Gasteiger charge is -2.39. The number of carbonyl (C=O) groups excluding carboxylic acids is 1. The molecule has 0 bridgehead atoms. The second-order valence-corrected chi connectivity index (χ2v) is 8.42. The minimum Gasteiger partial charge on any atom is -0.351 e. The standard InChI is InChI=1S/C21H25F3N6O/c1-11-17-18(29(3)12(2)19(31)30(17)4)28-20(26-11)27-15-8-14(9-15)7-13-5-6-16(25-10-13)21(22,23)24/h5-6,10,12,14-15H,7-9H2,1-4H3,(H,26,27,28)/t12-,14-,15-/m0/s1. The van der Waals surface area contributed by atoms with Crippen LogP contribution < -0.4 is 15.1 Å². The molecule has 2 aromatic heterocycles. The molecule has 1 fully saturated rings. The highest BCUT2D eigenvalue weighted by Crippen LogP contribution is 2.37. The van der Waals surface area contributed by atoms with Crippen molar-refractivity contribution in [2.45, 2.75) is 51.4 Å². The van der Waals surface area contributed by atoms with E-state index < -0.39 is 11.9 Å². The van der Waals surface area contributed by atoms with Crippen LogP contribution in [0.1, 0.15) is 36.7 Å². The summed E-state index contributed by atoms with van der Waals surface area (Å²) in [6.45, 7) is 3.71. The summed E-state index contributed by atoms with van der Waals surface area (Å²) in [5.41, 5.74) is 1.39. The van der Waals surface area contributed by atoms with Gasteiger partial charge in [-0.3, -0.25) is 9.78 Å². The molecule has 1 N–H and O–H groups in total. The van der Waals surface area contributed by atoms with Gasteiger partial charge in [-0.1, -0.05) is 6.07 Å². The summed E-state index contributed by atoms with van der Waals surface area (Å²) in [4.78, 5) is 28.6. The number of alkyl halides is 3. The van der Waals surface area contributed by atoms with Crippen LogP contribution in [0.4, 0.5) is 30.6 Å². The van der Waals surface area contributed by atoms with Crippen LogP contribution in [-0.2, 0) is 17.4 Å². The highest BCUT2D eigenvalue weighted by atomic mass is 19.4. The summed E-state index contributed by atoms with van der Waals surface area (Å²) in [6.07, 6.45) is -0.643. The number of carbonyl (C=O) groups is 1. The summed E-state index contributed by atoms with van der Waals surface area (Å²) >= 11 is 0. The first-order chi connectivity index (χ1) is 14.5. The Hall–Kier alpha value is -2.91. The van der Waals surface area contributed by atoms with Crippen LogP contribution in [0.5, 0.6) is 0 Å². The van der Waals surface area contributed by atoms with Gasteiger partial charge >= 0.3 is 6.18 Å². The fraction of sp³-hybridized carbons (Fsp3) is 0.524. The Morgan fingerprint density at radius 2 is 1.90 bits per heavy atom. The number of hydrogen-bond donors (Lipinski definition) is 1. The average Bonchev–Trinajstić information content (AvgIpc) is 2.68. The molecule has 1 amide bonds. The van der Waals surface area contributed by atoms with Gasteiger partial charge in [0.25, 0.3) is 0 Å². The molecule has 2 aliphatic rings. The summed E-state index contributed by atoms with van der Waals surface area (Å²) in [7, 11) is 3.59. The van der Waals surface area contributed by atoms with E-state index in [1.807, 2.05) is 25.8 Å². The van der Waals surface area contributed by atoms with Crippen molar-refractivity contribution in [3.8, 4) is 0 Å². The topological polar surface area (TPSA) is 74.2 Å². The largest absolute Gasteiger partial charge is 0.433 e. The van der Waals surface area contributed by atoms with Crippen molar-refractivity contribution >= 4 is 23.4 Å². The van der Waals surface area contributed by atoms with Crippen LogP contribution in [0.2, 0.25) is 0 Å². The molecule has 2 aromatic rings. The van der Waals surface area contributed by atoms with Crippen LogP contribution in [0.25, 0.3) is 0 Å². The Morgan fingerprint density at radius 3 is 2.52 bits per heavy atom. The smallest absolute Gasteiger partial charge is 0.351 e. The molecule has 4 rings (SSSR count). The van der Waals surface area contributed by atoms with E-state index in [2.05, 4.69) is 20.3 Å². The fourth-order valence-electron chi connectivity index (χ4n) is 4.24. The zero-order chi connectivity index (χ0) is 22.5. The van der Waals surface area contributed by atoms with Crippen LogP contribution >= 0.6 is 0 Å². The number of rotatable bonds is 4. The molecule has 0 aromatic carbocycles. The maximum atomic E-state index is 12.6. The highest BCUT2D eigenvalue weighted by molar-refractivity contribution is 6.04. The summed E-state index contributed by atoms with van der Waals surface area (Å²) < 4.78 is 37.9. The van der Waals surface area contributed by atoms with Crippen molar-refractivity contribution in [3.63, 3.8) is 0 Å². The fourth-order valence-corrected chi connectivity index (χ4v) is 4.24. The molecular weight excluding hydrogens is 409 g/mol. The molecular formula is C21H25F3N6O. The van der Waals surface area contributed by atoms with Crippen LogP contribution in [0.15, 0.2) is 18.3 Å². The number of nitrogens with one attached hydrogen (secondary N) is 1. The number of fused-ring (bicyclic) bond motifs is 1. The molecule has 1 atom stereocenters. The van der Waals surface area contributed by atoms with E-state index in [1.165, 1.54) is 12.3 Å². The van der Waals surface area contributed by atoms with Gasteiger partial charge in [0.2, 0.25) is 11.9 Å². The number of halogens is 3. The molecule has 0 spiro atoms. The van der Waals surface area contributed by atoms with E-state index in [9.17, 15) is 18.0 Å². The number of aromatic nitrogens is 3. The van der Waals surface area contributed by atoms with E-state index in [0.717, 1.165) is 41.7 Å². The monoisotopic (exact) mass is 434 g/mol. The van der Waals surface area contributed by atoms with Crippen LogP contribution in [0.3, 0.4) is 0 Å². The maximum Gasteiger partial charge on any atom is 0.433 e. The SMILES string of the molecule is Cc1nc(N[C@H]2C[C@H](Cc3ccc(C(F)(F)F)nc3)C2)nc2c1N(C)C(=O)[C@H](C)N2C. The number of aryl methyl sites for hydroxylation is 1. The van der Waals surface area contributed by atoms with E-state index in [4.69, 9.17) is 0 Å². The zero-order valence-electron chi connectivity index (χ0n) is 17.9. The van der Waals surface area contributed by atoms with Crippen molar-refractivity contribution < 1.29 is 18.0 Å². The van der Waals surface area contributed by atoms with Gasteiger partial charge in [-0.15, -0.1) is 0 Å². The number of hydrogen-bond acceptors (Lipinski definition) is 6. The quantitative estimate of drug-likeness (QED) is 0.795. The predicted molar refractivity (Wildman–Crippen MR) is 111 cm³/mol. The molecule has 10 heteroatoms. The first-order valence-corrected chi connectivity index (χ1v) is 10.2. The minimum atomic E-state index is -4.41. The molecule has 1 saturated carbocycles. The lowest BCUT2D eigenvalue weighted by atomic mass is 9.77. The number of anilines is 3. The van der Waals surface area contributed by atoms with Gasteiger partial charge in [-0.25, -0.2) is 4.98 Å². The number of likely N-dealkylation sites (N-methyl/N-ethyl adjacent to an activating group) is 2. The van der Waals surface area contributed by atoms with Gasteiger partial charge in [0, 0.05) is 26.3 Å². The Bertz CT molecular complexity index is 988. The molecule has 31 heavy (non-hydrogen) atoms. The third kappa shape index (κ3) is 4.03. The van der Waals surface area contributed by atoms with E-state index >= 15 is 0 Å². The van der Waals surface area contributed by atoms with Crippen molar-refractivity contribution in [1.82, 2.24) is 15.0 Å². The molecule has 1 aliphatic carbocycles. The highest BCUT2D eigenvalue weighted by Gasteiger charge is 2.36. The maximum absolute atomic E-state index is 12.6. The van der Waals surface area contributed by atoms with Crippen molar-refractivity contribution in [2.75, 3.05) is 29.2 Å². The van der Waals surface area contributed by atoms with Crippen molar-refractivity contribution in [1.29, 1.82) is 0 Å². The van der Waals surface area contributed by atoms with Gasteiger partial charge < -0.3 is 15.1 Å². The lowest BCUT2D eigenvalue weighted by molar-refractivity contribution is -0.141. The van der Waals surface area contributed by atoms with Crippen LogP contribution in [0, 0.1) is 12.8 Å². The van der Waals surface area contributed by atoms with E-state index in [-0.39, 0.29) is 18.0 Å². The lowest BCUT2D eigenvalue weighted by Crippen LogP contribution is -2.50. The number of amides is 1. The van der Waals surface area contributed by atoms with Gasteiger partial charge in [0.1, 0.15) is 17.4 Å². The predicted octanol–water partition coefficient (Wildman–Crippen LogP) is 3.43.